The summed E-state index contributed by atoms with van der Waals surface area (Å²) in [6.45, 7) is 8.94. The third kappa shape index (κ3) is 7.06. The van der Waals surface area contributed by atoms with Crippen LogP contribution in [0.4, 0.5) is 9.59 Å². The zero-order valence-electron chi connectivity index (χ0n) is 34.7. The van der Waals surface area contributed by atoms with Gasteiger partial charge in [0, 0.05) is 13.1 Å². The number of nitrogens with one attached hydrogen (secondary N) is 4. The molecule has 14 heteroatoms. The van der Waals surface area contributed by atoms with Crippen molar-refractivity contribution in [2.45, 2.75) is 127 Å². The summed E-state index contributed by atoms with van der Waals surface area (Å²) < 4.78 is 9.60. The second kappa shape index (κ2) is 15.6. The van der Waals surface area contributed by atoms with Crippen LogP contribution in [0.1, 0.15) is 127 Å². The van der Waals surface area contributed by atoms with Crippen molar-refractivity contribution in [3.05, 3.63) is 59.2 Å². The lowest BCUT2D eigenvalue weighted by Gasteiger charge is -2.54. The van der Waals surface area contributed by atoms with Crippen molar-refractivity contribution in [2.24, 2.45) is 11.8 Å². The maximum Gasteiger partial charge on any atom is 0.407 e. The van der Waals surface area contributed by atoms with E-state index >= 15 is 0 Å². The number of hydrogen-bond donors (Lipinski definition) is 4. The smallest absolute Gasteiger partial charge is 0.407 e. The van der Waals surface area contributed by atoms with E-state index in [-0.39, 0.29) is 46.6 Å². The van der Waals surface area contributed by atoms with E-state index < -0.39 is 24.3 Å². The molecule has 4 N–H and O–H groups in total. The molecule has 5 fully saturated rings. The molecular formula is C44H58N8O6. The van der Waals surface area contributed by atoms with Gasteiger partial charge in [0.1, 0.15) is 23.7 Å². The van der Waals surface area contributed by atoms with Crippen LogP contribution in [0.5, 0.6) is 0 Å². The van der Waals surface area contributed by atoms with Gasteiger partial charge in [-0.1, -0.05) is 39.8 Å². The summed E-state index contributed by atoms with van der Waals surface area (Å²) in [5, 5.41) is 5.47. The lowest BCUT2D eigenvalue weighted by Crippen LogP contribution is -2.51. The van der Waals surface area contributed by atoms with Gasteiger partial charge in [-0.05, 0) is 122 Å². The van der Waals surface area contributed by atoms with Crippen LogP contribution in [0.25, 0.3) is 22.1 Å². The maximum atomic E-state index is 13.7. The van der Waals surface area contributed by atoms with E-state index in [4.69, 9.17) is 19.4 Å². The number of hydrogen-bond acceptors (Lipinski definition) is 8. The molecule has 14 nitrogen and oxygen atoms in total. The Balaban J connectivity index is 0.966. The predicted molar refractivity (Wildman–Crippen MR) is 219 cm³/mol. The minimum absolute atomic E-state index is 0.0919. The molecule has 58 heavy (non-hydrogen) atoms. The molecule has 4 aromatic rings. The number of fused-ring (bicyclic) bond motifs is 5. The molecule has 2 aromatic carbocycles. The Kier molecular flexibility index (Phi) is 10.6. The molecule has 0 radical (unpaired) electrons. The van der Waals surface area contributed by atoms with E-state index in [0.29, 0.717) is 13.1 Å². The van der Waals surface area contributed by atoms with Gasteiger partial charge in [-0.15, -0.1) is 0 Å². The molecule has 3 aliphatic carbocycles. The molecule has 4 unspecified atom stereocenters. The van der Waals surface area contributed by atoms with Crippen molar-refractivity contribution < 1.29 is 28.7 Å². The highest BCUT2D eigenvalue weighted by Gasteiger charge is 2.50. The molecule has 5 aliphatic rings. The molecule has 4 atom stereocenters. The maximum absolute atomic E-state index is 13.7. The number of ether oxygens (including phenoxy) is 2. The SMILES string of the molecule is COC(=O)NC(C(=O)N1CCCC1c1nc2ccc(C34CCC(c5ccc6nc(C7CCCN7C(=O)C(NC(=O)OC)C(C)C)[nH]c6c5)(CC3)CC4)cc2[nH]1)C(C)C. The summed E-state index contributed by atoms with van der Waals surface area (Å²) in [7, 11) is 2.62. The lowest BCUT2D eigenvalue weighted by molar-refractivity contribution is -0.136. The number of aromatic amines is 2. The first kappa shape index (κ1) is 39.7. The number of methoxy groups -OCH3 is 2. The summed E-state index contributed by atoms with van der Waals surface area (Å²) in [5.74, 6) is 1.18. The fourth-order valence-corrected chi connectivity index (χ4v) is 10.5. The van der Waals surface area contributed by atoms with Gasteiger partial charge >= 0.3 is 12.2 Å². The number of nitrogens with zero attached hydrogens (tertiary/aromatic N) is 4. The van der Waals surface area contributed by atoms with Crippen molar-refractivity contribution in [1.82, 2.24) is 40.4 Å². The Labute approximate surface area is 339 Å². The molecule has 2 aliphatic heterocycles. The Hall–Kier alpha value is -5.14. The number of benzene rings is 2. The molecule has 310 valence electrons. The first-order valence-corrected chi connectivity index (χ1v) is 21.2. The van der Waals surface area contributed by atoms with Gasteiger partial charge in [-0.3, -0.25) is 9.59 Å². The number of alkyl carbamates (subject to hydrolysis) is 2. The third-order valence-corrected chi connectivity index (χ3v) is 14.0. The van der Waals surface area contributed by atoms with Crippen LogP contribution in [0.15, 0.2) is 36.4 Å². The Bertz CT molecular complexity index is 2030. The Morgan fingerprint density at radius 3 is 1.38 bits per heavy atom. The third-order valence-electron chi connectivity index (χ3n) is 14.0. The van der Waals surface area contributed by atoms with E-state index in [2.05, 4.69) is 57.0 Å². The largest absolute Gasteiger partial charge is 0.453 e. The molecule has 4 heterocycles. The standard InChI is InChI=1S/C44H58N8O6/c1-25(2)35(49-41(55)57-5)39(53)51-21-7-9-33(51)37-45-29-13-11-27(23-31(29)47-37)43-15-18-44(19-16-43,20-17-43)28-12-14-30-32(24-28)48-38(46-30)34-10-8-22-52(34)40(54)36(26(3)4)50-42(56)58-6/h11-14,23-26,33-36H,7-10,15-22H2,1-6H3,(H,45,47)(H,46,48)(H,49,55)(H,50,56). The Morgan fingerprint density at radius 1 is 0.655 bits per heavy atom. The molecule has 9 rings (SSSR count). The van der Waals surface area contributed by atoms with Gasteiger partial charge in [0.05, 0.1) is 48.4 Å². The highest BCUT2D eigenvalue weighted by molar-refractivity contribution is 5.87. The second-order valence-corrected chi connectivity index (χ2v) is 17.9. The quantitative estimate of drug-likeness (QED) is 0.132. The van der Waals surface area contributed by atoms with Crippen LogP contribution in [0, 0.1) is 11.8 Å². The molecular weight excluding hydrogens is 737 g/mol. The summed E-state index contributed by atoms with van der Waals surface area (Å²) in [4.78, 5) is 72.5. The van der Waals surface area contributed by atoms with E-state index in [9.17, 15) is 19.2 Å². The van der Waals surface area contributed by atoms with Crippen molar-refractivity contribution in [1.29, 1.82) is 0 Å². The molecule has 2 aromatic heterocycles. The van der Waals surface area contributed by atoms with Crippen LogP contribution in [0.2, 0.25) is 0 Å². The summed E-state index contributed by atoms with van der Waals surface area (Å²) >= 11 is 0. The van der Waals surface area contributed by atoms with Gasteiger partial charge in [-0.2, -0.15) is 0 Å². The first-order valence-electron chi connectivity index (χ1n) is 21.2. The van der Waals surface area contributed by atoms with Crippen LogP contribution in [-0.4, -0.2) is 93.1 Å². The molecule has 3 saturated carbocycles. The average molecular weight is 795 g/mol. The number of aromatic nitrogens is 4. The van der Waals surface area contributed by atoms with Crippen LogP contribution in [0.3, 0.4) is 0 Å². The van der Waals surface area contributed by atoms with Crippen LogP contribution >= 0.6 is 0 Å². The molecule has 4 amide bonds. The fraction of sp³-hybridized carbons (Fsp3) is 0.591. The number of rotatable bonds is 10. The fourth-order valence-electron chi connectivity index (χ4n) is 10.5. The van der Waals surface area contributed by atoms with E-state index in [1.165, 1.54) is 25.3 Å². The summed E-state index contributed by atoms with van der Waals surface area (Å²) in [5.41, 5.74) is 6.74. The van der Waals surface area contributed by atoms with Crippen molar-refractivity contribution in [3.63, 3.8) is 0 Å². The minimum Gasteiger partial charge on any atom is -0.453 e. The van der Waals surface area contributed by atoms with Gasteiger partial charge < -0.3 is 39.9 Å². The number of likely N-dealkylation sites (tertiary alicyclic amines) is 2. The monoisotopic (exact) mass is 794 g/mol. The van der Waals surface area contributed by atoms with Crippen LogP contribution < -0.4 is 10.6 Å². The summed E-state index contributed by atoms with van der Waals surface area (Å²) in [6, 6.07) is 11.7. The highest BCUT2D eigenvalue weighted by atomic mass is 16.5. The zero-order chi connectivity index (χ0) is 40.9. The van der Waals surface area contributed by atoms with Gasteiger partial charge in [0.2, 0.25) is 11.8 Å². The predicted octanol–water partition coefficient (Wildman–Crippen LogP) is 7.07. The number of imidazole rings is 2. The molecule has 2 saturated heterocycles. The zero-order valence-corrected chi connectivity index (χ0v) is 34.7. The minimum atomic E-state index is -0.672. The normalized spacial score (nSPS) is 25.4. The van der Waals surface area contributed by atoms with Crippen molar-refractivity contribution >= 4 is 46.1 Å². The van der Waals surface area contributed by atoms with E-state index in [1.807, 2.05) is 37.5 Å². The second-order valence-electron chi connectivity index (χ2n) is 17.9. The van der Waals surface area contributed by atoms with E-state index in [1.54, 1.807) is 0 Å². The van der Waals surface area contributed by atoms with Crippen LogP contribution in [-0.2, 0) is 29.9 Å². The molecule has 0 spiro atoms. The van der Waals surface area contributed by atoms with Gasteiger partial charge in [-0.25, -0.2) is 19.6 Å². The number of carbonyl (C=O) groups is 4. The highest BCUT2D eigenvalue weighted by Crippen LogP contribution is 2.59. The van der Waals surface area contributed by atoms with Crippen molar-refractivity contribution in [2.75, 3.05) is 27.3 Å². The Morgan fingerprint density at radius 2 is 1.03 bits per heavy atom. The lowest BCUT2D eigenvalue weighted by atomic mass is 9.50. The van der Waals surface area contributed by atoms with E-state index in [0.717, 1.165) is 97.9 Å². The average Bonchev–Trinajstić information content (AvgIpc) is 4.06. The molecule has 2 bridgehead atoms. The number of H-pyrrole nitrogens is 2. The van der Waals surface area contributed by atoms with Gasteiger partial charge in [0.25, 0.3) is 0 Å². The first-order chi connectivity index (χ1) is 27.8. The van der Waals surface area contributed by atoms with Crippen molar-refractivity contribution in [3.8, 4) is 0 Å². The number of amides is 4. The summed E-state index contributed by atoms with van der Waals surface area (Å²) in [6.07, 6.45) is 8.80. The topological polar surface area (TPSA) is 175 Å². The van der Waals surface area contributed by atoms with Gasteiger partial charge in [0.15, 0.2) is 0 Å². The number of carbonyl (C=O) groups excluding carboxylic acids is 4.